The molecule has 1 aliphatic rings. The number of nitrogens with zero attached hydrogens (tertiary/aromatic N) is 1. The van der Waals surface area contributed by atoms with E-state index in [0.29, 0.717) is 17.1 Å². The predicted molar refractivity (Wildman–Crippen MR) is 74.9 cm³/mol. The van der Waals surface area contributed by atoms with Gasteiger partial charge < -0.3 is 10.6 Å². The van der Waals surface area contributed by atoms with Crippen molar-refractivity contribution in [2.75, 3.05) is 13.1 Å². The van der Waals surface area contributed by atoms with Crippen LogP contribution in [0.1, 0.15) is 16.8 Å². The fourth-order valence-corrected chi connectivity index (χ4v) is 2.21. The van der Waals surface area contributed by atoms with Gasteiger partial charge in [-0.1, -0.05) is 11.6 Å². The van der Waals surface area contributed by atoms with Crippen LogP contribution in [0.3, 0.4) is 0 Å². The molecule has 6 heteroatoms. The van der Waals surface area contributed by atoms with Crippen molar-refractivity contribution >= 4 is 45.8 Å². The van der Waals surface area contributed by atoms with Gasteiger partial charge in [-0.2, -0.15) is 0 Å². The van der Waals surface area contributed by atoms with Crippen molar-refractivity contribution < 1.29 is 4.79 Å². The van der Waals surface area contributed by atoms with Gasteiger partial charge in [0, 0.05) is 29.2 Å². The molecule has 1 saturated heterocycles. The standard InChI is InChI=1S/C11H12BrClN2O.ClH/c12-9-2-1-7(5-10(9)13)11(16)15-4-3-8(14)6-15;/h1-2,5,8H,3-4,6,14H2;1H/t8-;/m0./s1. The number of halogens is 3. The molecule has 1 atom stereocenters. The fraction of sp³-hybridized carbons (Fsp3) is 0.364. The highest BCUT2D eigenvalue weighted by atomic mass is 79.9. The van der Waals surface area contributed by atoms with Gasteiger partial charge in [-0.05, 0) is 40.5 Å². The van der Waals surface area contributed by atoms with E-state index in [4.69, 9.17) is 17.3 Å². The fourth-order valence-electron chi connectivity index (χ4n) is 1.78. The Morgan fingerprint density at radius 2 is 2.24 bits per heavy atom. The first kappa shape index (κ1) is 14.8. The average molecular weight is 340 g/mol. The third kappa shape index (κ3) is 3.35. The van der Waals surface area contributed by atoms with E-state index in [9.17, 15) is 4.79 Å². The number of likely N-dealkylation sites (tertiary alicyclic amines) is 1. The number of nitrogens with two attached hydrogens (primary N) is 1. The highest BCUT2D eigenvalue weighted by Crippen LogP contribution is 2.24. The average Bonchev–Trinajstić information content (AvgIpc) is 2.68. The molecule has 2 N–H and O–H groups in total. The van der Waals surface area contributed by atoms with E-state index < -0.39 is 0 Å². The van der Waals surface area contributed by atoms with E-state index in [-0.39, 0.29) is 24.4 Å². The van der Waals surface area contributed by atoms with Crippen molar-refractivity contribution in [1.29, 1.82) is 0 Å². The minimum absolute atomic E-state index is 0. The first-order valence-electron chi connectivity index (χ1n) is 5.08. The lowest BCUT2D eigenvalue weighted by Gasteiger charge is -2.15. The van der Waals surface area contributed by atoms with Crippen molar-refractivity contribution in [2.24, 2.45) is 5.73 Å². The molecule has 0 saturated carbocycles. The highest BCUT2D eigenvalue weighted by Gasteiger charge is 2.24. The number of rotatable bonds is 1. The Balaban J connectivity index is 0.00000144. The SMILES string of the molecule is Cl.N[C@H]1CCN(C(=O)c2ccc(Br)c(Cl)c2)C1. The van der Waals surface area contributed by atoms with Gasteiger partial charge in [0.2, 0.25) is 0 Å². The minimum Gasteiger partial charge on any atom is -0.337 e. The smallest absolute Gasteiger partial charge is 0.253 e. The molecule has 1 aromatic rings. The first-order valence-corrected chi connectivity index (χ1v) is 6.25. The van der Waals surface area contributed by atoms with Gasteiger partial charge in [0.1, 0.15) is 0 Å². The van der Waals surface area contributed by atoms with Gasteiger partial charge in [0.15, 0.2) is 0 Å². The lowest BCUT2D eigenvalue weighted by molar-refractivity contribution is 0.0791. The molecular formula is C11H13BrCl2N2O. The zero-order chi connectivity index (χ0) is 11.7. The van der Waals surface area contributed by atoms with E-state index >= 15 is 0 Å². The molecule has 0 radical (unpaired) electrons. The second-order valence-corrected chi connectivity index (χ2v) is 5.19. The van der Waals surface area contributed by atoms with Crippen LogP contribution >= 0.6 is 39.9 Å². The Morgan fingerprint density at radius 3 is 2.76 bits per heavy atom. The molecule has 1 heterocycles. The number of carbonyl (C=O) groups is 1. The third-order valence-electron chi connectivity index (χ3n) is 2.68. The van der Waals surface area contributed by atoms with Crippen LogP contribution in [0.25, 0.3) is 0 Å². The largest absolute Gasteiger partial charge is 0.337 e. The monoisotopic (exact) mass is 338 g/mol. The molecule has 1 fully saturated rings. The van der Waals surface area contributed by atoms with Crippen molar-refractivity contribution in [1.82, 2.24) is 4.90 Å². The maximum Gasteiger partial charge on any atom is 0.253 e. The first-order chi connectivity index (χ1) is 7.58. The van der Waals surface area contributed by atoms with Gasteiger partial charge in [0.25, 0.3) is 5.91 Å². The molecule has 1 aromatic carbocycles. The van der Waals surface area contributed by atoms with E-state index in [1.807, 2.05) is 0 Å². The van der Waals surface area contributed by atoms with Crippen LogP contribution in [0.5, 0.6) is 0 Å². The molecule has 3 nitrogen and oxygen atoms in total. The maximum atomic E-state index is 12.1. The summed E-state index contributed by atoms with van der Waals surface area (Å²) in [5, 5.41) is 0.550. The summed E-state index contributed by atoms with van der Waals surface area (Å²) in [6, 6.07) is 5.33. The van der Waals surface area contributed by atoms with Crippen molar-refractivity contribution in [3.05, 3.63) is 33.3 Å². The van der Waals surface area contributed by atoms with Gasteiger partial charge in [-0.25, -0.2) is 0 Å². The Labute approximate surface area is 120 Å². The lowest BCUT2D eigenvalue weighted by Crippen LogP contribution is -2.31. The van der Waals surface area contributed by atoms with Crippen molar-refractivity contribution in [3.63, 3.8) is 0 Å². The van der Waals surface area contributed by atoms with Gasteiger partial charge in [0.05, 0.1) is 5.02 Å². The van der Waals surface area contributed by atoms with Crippen LogP contribution in [-0.4, -0.2) is 29.9 Å². The molecule has 2 rings (SSSR count). The van der Waals surface area contributed by atoms with Crippen LogP contribution < -0.4 is 5.73 Å². The summed E-state index contributed by atoms with van der Waals surface area (Å²) in [6.45, 7) is 1.36. The summed E-state index contributed by atoms with van der Waals surface area (Å²) < 4.78 is 0.795. The Hall–Kier alpha value is -0.290. The Morgan fingerprint density at radius 1 is 1.53 bits per heavy atom. The Bertz CT molecular complexity index is 428. The number of hydrogen-bond donors (Lipinski definition) is 1. The summed E-state index contributed by atoms with van der Waals surface area (Å²) >= 11 is 9.25. The van der Waals surface area contributed by atoms with E-state index in [1.54, 1.807) is 23.1 Å². The van der Waals surface area contributed by atoms with Crippen LogP contribution in [-0.2, 0) is 0 Å². The number of carbonyl (C=O) groups excluding carboxylic acids is 1. The highest BCUT2D eigenvalue weighted by molar-refractivity contribution is 9.10. The number of benzene rings is 1. The molecule has 1 amide bonds. The summed E-state index contributed by atoms with van der Waals surface area (Å²) in [6.07, 6.45) is 0.871. The summed E-state index contributed by atoms with van der Waals surface area (Å²) in [5.41, 5.74) is 6.38. The molecule has 94 valence electrons. The third-order valence-corrected chi connectivity index (χ3v) is 3.91. The molecule has 1 aliphatic heterocycles. The molecule has 17 heavy (non-hydrogen) atoms. The van der Waals surface area contributed by atoms with E-state index in [0.717, 1.165) is 17.4 Å². The quantitative estimate of drug-likeness (QED) is 0.855. The second-order valence-electron chi connectivity index (χ2n) is 3.93. The molecule has 0 unspecified atom stereocenters. The molecule has 0 aliphatic carbocycles. The predicted octanol–water partition coefficient (Wildman–Crippen LogP) is 2.70. The summed E-state index contributed by atoms with van der Waals surface area (Å²) in [4.78, 5) is 13.8. The second kappa shape index (κ2) is 6.05. The summed E-state index contributed by atoms with van der Waals surface area (Å²) in [7, 11) is 0. The lowest BCUT2D eigenvalue weighted by atomic mass is 10.2. The number of hydrogen-bond acceptors (Lipinski definition) is 2. The van der Waals surface area contributed by atoms with E-state index in [1.165, 1.54) is 0 Å². The molecule has 0 aromatic heterocycles. The molecule has 0 bridgehead atoms. The van der Waals surface area contributed by atoms with Crippen LogP contribution in [0.2, 0.25) is 5.02 Å². The van der Waals surface area contributed by atoms with Crippen molar-refractivity contribution in [2.45, 2.75) is 12.5 Å². The van der Waals surface area contributed by atoms with Crippen LogP contribution in [0, 0.1) is 0 Å². The van der Waals surface area contributed by atoms with Gasteiger partial charge >= 0.3 is 0 Å². The van der Waals surface area contributed by atoms with Crippen molar-refractivity contribution in [3.8, 4) is 0 Å². The topological polar surface area (TPSA) is 46.3 Å². The van der Waals surface area contributed by atoms with E-state index in [2.05, 4.69) is 15.9 Å². The maximum absolute atomic E-state index is 12.1. The zero-order valence-electron chi connectivity index (χ0n) is 9.03. The normalized spacial score (nSPS) is 19.0. The van der Waals surface area contributed by atoms with Crippen LogP contribution in [0.15, 0.2) is 22.7 Å². The minimum atomic E-state index is 0. The van der Waals surface area contributed by atoms with Gasteiger partial charge in [-0.15, -0.1) is 12.4 Å². The molecular weight excluding hydrogens is 327 g/mol. The summed E-state index contributed by atoms with van der Waals surface area (Å²) in [5.74, 6) is 0.00218. The molecule has 0 spiro atoms. The Kier molecular flexibility index (Phi) is 5.25. The number of amides is 1. The van der Waals surface area contributed by atoms with Crippen LogP contribution in [0.4, 0.5) is 0 Å². The zero-order valence-corrected chi connectivity index (χ0v) is 12.2. The van der Waals surface area contributed by atoms with Gasteiger partial charge in [-0.3, -0.25) is 4.79 Å².